The van der Waals surface area contributed by atoms with Gasteiger partial charge < -0.3 is 14.6 Å². The number of alkyl carbamates (subject to hydrolysis) is 1. The van der Waals surface area contributed by atoms with Gasteiger partial charge in [-0.15, -0.1) is 0 Å². The van der Waals surface area contributed by atoms with Crippen LogP contribution in [0.3, 0.4) is 0 Å². The lowest BCUT2D eigenvalue weighted by Crippen LogP contribution is -2.35. The van der Waals surface area contributed by atoms with Gasteiger partial charge in [0, 0.05) is 28.9 Å². The van der Waals surface area contributed by atoms with Crippen molar-refractivity contribution < 1.29 is 13.7 Å². The number of imidazole rings is 1. The van der Waals surface area contributed by atoms with Crippen LogP contribution in [-0.2, 0) is 22.1 Å². The molecule has 6 nitrogen and oxygen atoms in total. The van der Waals surface area contributed by atoms with Gasteiger partial charge in [-0.25, -0.2) is 9.78 Å². The van der Waals surface area contributed by atoms with E-state index in [1.807, 2.05) is 39.2 Å². The van der Waals surface area contributed by atoms with E-state index in [0.29, 0.717) is 6.54 Å². The summed E-state index contributed by atoms with van der Waals surface area (Å²) in [6.07, 6.45) is 4.61. The van der Waals surface area contributed by atoms with Crippen LogP contribution in [0.1, 0.15) is 46.4 Å². The Morgan fingerprint density at radius 1 is 1.48 bits per heavy atom. The maximum absolute atomic E-state index is 11.8. The zero-order valence-electron chi connectivity index (χ0n) is 13.5. The van der Waals surface area contributed by atoms with Gasteiger partial charge >= 0.3 is 6.09 Å². The smallest absolute Gasteiger partial charge is 0.408 e. The number of hydrogen-bond donors (Lipinski definition) is 1. The number of nitrogens with zero attached hydrogens (tertiary/aromatic N) is 2. The van der Waals surface area contributed by atoms with Crippen molar-refractivity contribution in [2.24, 2.45) is 0 Å². The van der Waals surface area contributed by atoms with Crippen molar-refractivity contribution >= 4 is 16.9 Å². The minimum absolute atomic E-state index is 0.0201. The molecule has 120 valence electrons. The van der Waals surface area contributed by atoms with E-state index in [1.165, 1.54) is 0 Å². The normalized spacial score (nSPS) is 16.1. The van der Waals surface area contributed by atoms with Crippen LogP contribution in [-0.4, -0.2) is 37.0 Å². The topological polar surface area (TPSA) is 73.2 Å². The fourth-order valence-corrected chi connectivity index (χ4v) is 2.15. The molecule has 0 fully saturated rings. The molecule has 0 aromatic carbocycles. The molecule has 0 saturated heterocycles. The summed E-state index contributed by atoms with van der Waals surface area (Å²) in [5.74, 6) is 0. The first-order chi connectivity index (χ1) is 9.60. The molecular weight excluding hydrogens is 290 g/mol. The van der Waals surface area contributed by atoms with Crippen molar-refractivity contribution in [3.8, 4) is 0 Å². The summed E-state index contributed by atoms with van der Waals surface area (Å²) in [5, 5.41) is 2.80. The van der Waals surface area contributed by atoms with Gasteiger partial charge in [-0.1, -0.05) is 0 Å². The summed E-state index contributed by atoms with van der Waals surface area (Å²) in [7, 11) is -0.901. The third-order valence-corrected chi connectivity index (χ3v) is 4.22. The van der Waals surface area contributed by atoms with Crippen LogP contribution >= 0.6 is 0 Å². The lowest BCUT2D eigenvalue weighted by atomic mass is 10.2. The van der Waals surface area contributed by atoms with Gasteiger partial charge in [0.05, 0.1) is 24.3 Å². The number of carbonyl (C=O) groups excluding carboxylic acids is 1. The van der Waals surface area contributed by atoms with Crippen LogP contribution in [0.5, 0.6) is 0 Å². The monoisotopic (exact) mass is 315 g/mol. The van der Waals surface area contributed by atoms with Crippen LogP contribution in [0.2, 0.25) is 0 Å². The molecule has 1 rings (SSSR count). The Balaban J connectivity index is 2.71. The molecule has 21 heavy (non-hydrogen) atoms. The largest absolute Gasteiger partial charge is 0.444 e. The number of amides is 1. The zero-order chi connectivity index (χ0) is 16.2. The van der Waals surface area contributed by atoms with Crippen LogP contribution in [0.25, 0.3) is 0 Å². The first-order valence-electron chi connectivity index (χ1n) is 6.92. The predicted octanol–water partition coefficient (Wildman–Crippen LogP) is 2.24. The van der Waals surface area contributed by atoms with E-state index in [9.17, 15) is 9.00 Å². The van der Waals surface area contributed by atoms with Gasteiger partial charge in [0.1, 0.15) is 5.60 Å². The van der Waals surface area contributed by atoms with E-state index in [0.717, 1.165) is 5.69 Å². The molecule has 1 amide bonds. The molecule has 0 saturated carbocycles. The summed E-state index contributed by atoms with van der Waals surface area (Å²) >= 11 is 0. The number of hydrogen-bond acceptors (Lipinski definition) is 4. The minimum Gasteiger partial charge on any atom is -0.444 e. The van der Waals surface area contributed by atoms with Crippen LogP contribution in [0.15, 0.2) is 12.5 Å². The number of nitrogens with one attached hydrogen (secondary N) is 1. The molecule has 3 unspecified atom stereocenters. The maximum Gasteiger partial charge on any atom is 0.408 e. The number of aromatic nitrogens is 2. The van der Waals surface area contributed by atoms with E-state index in [4.69, 9.17) is 4.74 Å². The molecule has 7 heteroatoms. The van der Waals surface area contributed by atoms with Gasteiger partial charge in [0.25, 0.3) is 0 Å². The standard InChI is InChI=1S/C14H25N3O3S/c1-10(21(6)19)8-17-9-15-7-12(17)11(2)16-13(18)20-14(3,4)5/h7,9-11H,8H2,1-6H3,(H,16,18). The van der Waals surface area contributed by atoms with E-state index < -0.39 is 22.5 Å². The van der Waals surface area contributed by atoms with Crippen LogP contribution in [0, 0.1) is 0 Å². The maximum atomic E-state index is 11.8. The van der Waals surface area contributed by atoms with E-state index in [-0.39, 0.29) is 11.3 Å². The second kappa shape index (κ2) is 7.06. The third-order valence-electron chi connectivity index (χ3n) is 2.94. The second-order valence-corrected chi connectivity index (χ2v) is 7.95. The summed E-state index contributed by atoms with van der Waals surface area (Å²) in [5.41, 5.74) is 0.329. The van der Waals surface area contributed by atoms with Crippen molar-refractivity contribution in [2.45, 2.75) is 58.1 Å². The highest BCUT2D eigenvalue weighted by Crippen LogP contribution is 2.15. The van der Waals surface area contributed by atoms with Gasteiger partial charge in [-0.3, -0.25) is 4.21 Å². The Labute approximate surface area is 128 Å². The molecular formula is C14H25N3O3S. The fourth-order valence-electron chi connectivity index (χ4n) is 1.78. The quantitative estimate of drug-likeness (QED) is 0.904. The summed E-state index contributed by atoms with van der Waals surface area (Å²) in [4.78, 5) is 15.9. The third kappa shape index (κ3) is 5.87. The van der Waals surface area contributed by atoms with E-state index in [2.05, 4.69) is 10.3 Å². The van der Waals surface area contributed by atoms with Gasteiger partial charge in [-0.05, 0) is 34.6 Å². The number of ether oxygens (including phenoxy) is 1. The summed E-state index contributed by atoms with van der Waals surface area (Å²) < 4.78 is 18.6. The molecule has 0 aliphatic heterocycles. The average Bonchev–Trinajstić information content (AvgIpc) is 2.73. The molecule has 1 aromatic rings. The zero-order valence-corrected chi connectivity index (χ0v) is 14.4. The first kappa shape index (κ1) is 17.7. The Morgan fingerprint density at radius 2 is 2.10 bits per heavy atom. The summed E-state index contributed by atoms with van der Waals surface area (Å²) in [6.45, 7) is 9.84. The van der Waals surface area contributed by atoms with Gasteiger partial charge in [0.2, 0.25) is 0 Å². The van der Waals surface area contributed by atoms with Crippen LogP contribution in [0.4, 0.5) is 4.79 Å². The highest BCUT2D eigenvalue weighted by molar-refractivity contribution is 7.84. The number of carbonyl (C=O) groups is 1. The van der Waals surface area contributed by atoms with Crippen molar-refractivity contribution in [3.05, 3.63) is 18.2 Å². The Bertz CT molecular complexity index is 508. The molecule has 1 N–H and O–H groups in total. The molecule has 0 aliphatic carbocycles. The molecule has 0 spiro atoms. The molecule has 0 radical (unpaired) electrons. The van der Waals surface area contributed by atoms with Crippen molar-refractivity contribution in [1.82, 2.24) is 14.9 Å². The lowest BCUT2D eigenvalue weighted by molar-refractivity contribution is 0.0506. The molecule has 0 aliphatic rings. The lowest BCUT2D eigenvalue weighted by Gasteiger charge is -2.22. The van der Waals surface area contributed by atoms with Crippen molar-refractivity contribution in [2.75, 3.05) is 6.26 Å². The Kier molecular flexibility index (Phi) is 5.95. The number of rotatable bonds is 5. The van der Waals surface area contributed by atoms with Crippen molar-refractivity contribution in [1.29, 1.82) is 0 Å². The van der Waals surface area contributed by atoms with Crippen molar-refractivity contribution in [3.63, 3.8) is 0 Å². The first-order valence-corrected chi connectivity index (χ1v) is 8.54. The Morgan fingerprint density at radius 3 is 2.62 bits per heavy atom. The molecule has 1 aromatic heterocycles. The highest BCUT2D eigenvalue weighted by atomic mass is 32.2. The van der Waals surface area contributed by atoms with E-state index in [1.54, 1.807) is 18.8 Å². The van der Waals surface area contributed by atoms with Crippen LogP contribution < -0.4 is 5.32 Å². The Hall–Kier alpha value is -1.37. The second-order valence-electron chi connectivity index (χ2n) is 6.15. The molecule has 1 heterocycles. The molecule has 0 bridgehead atoms. The van der Waals surface area contributed by atoms with Gasteiger partial charge in [-0.2, -0.15) is 0 Å². The highest BCUT2D eigenvalue weighted by Gasteiger charge is 2.20. The average molecular weight is 315 g/mol. The van der Waals surface area contributed by atoms with Gasteiger partial charge in [0.15, 0.2) is 0 Å². The predicted molar refractivity (Wildman–Crippen MR) is 83.5 cm³/mol. The fraction of sp³-hybridized carbons (Fsp3) is 0.714. The molecule has 3 atom stereocenters. The summed E-state index contributed by atoms with van der Waals surface area (Å²) in [6, 6.07) is -0.236. The van der Waals surface area contributed by atoms with E-state index >= 15 is 0 Å². The minimum atomic E-state index is -0.901. The SMILES string of the molecule is CC(NC(=O)OC(C)(C)C)c1cncn1CC(C)S(C)=O.